The Morgan fingerprint density at radius 1 is 1.27 bits per heavy atom. The molecule has 3 aromatic rings. The second-order valence-corrected chi connectivity index (χ2v) is 3.59. The Bertz CT molecular complexity index is 654. The highest BCUT2D eigenvalue weighted by molar-refractivity contribution is 6.09. The zero-order chi connectivity index (χ0) is 10.4. The molecule has 15 heavy (non-hydrogen) atoms. The molecular formula is C11H10N4. The standard InChI is InChI=1S/C11H10N4/c1-6-9-7-4-2-3-5-8(7)13-11(12)10(9)15-14-6/h2-5H,1H3,(H2,12,13)(H,14,15). The summed E-state index contributed by atoms with van der Waals surface area (Å²) < 4.78 is 0. The molecule has 0 unspecified atom stereocenters. The number of anilines is 1. The first kappa shape index (κ1) is 8.23. The fourth-order valence-electron chi connectivity index (χ4n) is 1.91. The SMILES string of the molecule is Cc1[nH]nc2c(N)nc3ccccc3c12. The van der Waals surface area contributed by atoms with E-state index in [1.807, 2.05) is 31.2 Å². The largest absolute Gasteiger partial charge is 0.382 e. The molecule has 0 spiro atoms. The number of nitrogen functional groups attached to an aromatic ring is 1. The van der Waals surface area contributed by atoms with Gasteiger partial charge in [0.2, 0.25) is 0 Å². The molecule has 1 aromatic carbocycles. The van der Waals surface area contributed by atoms with E-state index >= 15 is 0 Å². The Morgan fingerprint density at radius 2 is 2.07 bits per heavy atom. The van der Waals surface area contributed by atoms with Crippen LogP contribution in [-0.4, -0.2) is 15.2 Å². The van der Waals surface area contributed by atoms with Crippen LogP contribution in [0.3, 0.4) is 0 Å². The summed E-state index contributed by atoms with van der Waals surface area (Å²) >= 11 is 0. The summed E-state index contributed by atoms with van der Waals surface area (Å²) in [5, 5.41) is 9.25. The summed E-state index contributed by atoms with van der Waals surface area (Å²) in [7, 11) is 0. The van der Waals surface area contributed by atoms with Crippen LogP contribution >= 0.6 is 0 Å². The molecule has 4 nitrogen and oxygen atoms in total. The van der Waals surface area contributed by atoms with E-state index in [1.165, 1.54) is 0 Å². The Balaban J connectivity index is 2.67. The quantitative estimate of drug-likeness (QED) is 0.580. The molecule has 0 aliphatic carbocycles. The van der Waals surface area contributed by atoms with Gasteiger partial charge in [-0.2, -0.15) is 5.10 Å². The normalized spacial score (nSPS) is 11.3. The molecule has 0 atom stereocenters. The molecule has 0 aliphatic rings. The lowest BCUT2D eigenvalue weighted by Crippen LogP contribution is -1.92. The van der Waals surface area contributed by atoms with E-state index in [0.717, 1.165) is 27.5 Å². The van der Waals surface area contributed by atoms with Gasteiger partial charge in [-0.15, -0.1) is 0 Å². The number of benzene rings is 1. The van der Waals surface area contributed by atoms with E-state index < -0.39 is 0 Å². The molecule has 3 rings (SSSR count). The zero-order valence-corrected chi connectivity index (χ0v) is 8.28. The van der Waals surface area contributed by atoms with Crippen LogP contribution in [0.2, 0.25) is 0 Å². The van der Waals surface area contributed by atoms with E-state index in [4.69, 9.17) is 5.73 Å². The van der Waals surface area contributed by atoms with Crippen molar-refractivity contribution in [3.8, 4) is 0 Å². The third kappa shape index (κ3) is 1.01. The maximum atomic E-state index is 5.84. The minimum Gasteiger partial charge on any atom is -0.382 e. The van der Waals surface area contributed by atoms with Crippen molar-refractivity contribution in [1.29, 1.82) is 0 Å². The number of aryl methyl sites for hydroxylation is 1. The van der Waals surface area contributed by atoms with E-state index in [1.54, 1.807) is 0 Å². The van der Waals surface area contributed by atoms with Crippen LogP contribution in [0, 0.1) is 6.92 Å². The van der Waals surface area contributed by atoms with Crippen molar-refractivity contribution < 1.29 is 0 Å². The molecule has 4 heteroatoms. The Morgan fingerprint density at radius 3 is 2.93 bits per heavy atom. The number of nitrogens with one attached hydrogen (secondary N) is 1. The molecule has 0 saturated heterocycles. The lowest BCUT2D eigenvalue weighted by molar-refractivity contribution is 1.07. The first-order valence-corrected chi connectivity index (χ1v) is 4.76. The predicted octanol–water partition coefficient (Wildman–Crippen LogP) is 2.00. The molecular weight excluding hydrogens is 188 g/mol. The number of para-hydroxylation sites is 1. The van der Waals surface area contributed by atoms with Crippen LogP contribution in [-0.2, 0) is 0 Å². The molecule has 3 N–H and O–H groups in total. The highest BCUT2D eigenvalue weighted by atomic mass is 15.1. The maximum absolute atomic E-state index is 5.84. The smallest absolute Gasteiger partial charge is 0.152 e. The van der Waals surface area contributed by atoms with Gasteiger partial charge in [0.25, 0.3) is 0 Å². The Hall–Kier alpha value is -2.10. The third-order valence-electron chi connectivity index (χ3n) is 2.60. The molecule has 0 radical (unpaired) electrons. The molecule has 0 saturated carbocycles. The van der Waals surface area contributed by atoms with Gasteiger partial charge < -0.3 is 5.73 Å². The number of pyridine rings is 1. The lowest BCUT2D eigenvalue weighted by atomic mass is 10.1. The molecule has 74 valence electrons. The zero-order valence-electron chi connectivity index (χ0n) is 8.28. The van der Waals surface area contributed by atoms with Crippen LogP contribution in [0.25, 0.3) is 21.8 Å². The molecule has 2 heterocycles. The first-order chi connectivity index (χ1) is 7.27. The van der Waals surface area contributed by atoms with Crippen LogP contribution in [0.5, 0.6) is 0 Å². The Labute approximate surface area is 86.1 Å². The van der Waals surface area contributed by atoms with E-state index in [2.05, 4.69) is 15.2 Å². The second kappa shape index (κ2) is 2.70. The van der Waals surface area contributed by atoms with Crippen molar-refractivity contribution in [3.05, 3.63) is 30.0 Å². The molecule has 0 amide bonds. The number of nitrogens with two attached hydrogens (primary N) is 1. The highest BCUT2D eigenvalue weighted by Gasteiger charge is 2.10. The van der Waals surface area contributed by atoms with Crippen LogP contribution < -0.4 is 5.73 Å². The van der Waals surface area contributed by atoms with Crippen LogP contribution in [0.4, 0.5) is 5.82 Å². The van der Waals surface area contributed by atoms with E-state index in [0.29, 0.717) is 5.82 Å². The number of fused-ring (bicyclic) bond motifs is 3. The minimum atomic E-state index is 0.480. The molecule has 0 bridgehead atoms. The van der Waals surface area contributed by atoms with Gasteiger partial charge in [-0.3, -0.25) is 5.10 Å². The summed E-state index contributed by atoms with van der Waals surface area (Å²) in [4.78, 5) is 4.31. The molecule has 0 fully saturated rings. The number of aromatic nitrogens is 3. The second-order valence-electron chi connectivity index (χ2n) is 3.59. The summed E-state index contributed by atoms with van der Waals surface area (Å²) in [5.74, 6) is 0.480. The third-order valence-corrected chi connectivity index (χ3v) is 2.60. The van der Waals surface area contributed by atoms with Gasteiger partial charge in [-0.25, -0.2) is 4.98 Å². The van der Waals surface area contributed by atoms with Crippen molar-refractivity contribution in [3.63, 3.8) is 0 Å². The van der Waals surface area contributed by atoms with Crippen molar-refractivity contribution in [1.82, 2.24) is 15.2 Å². The average molecular weight is 198 g/mol. The number of hydrogen-bond donors (Lipinski definition) is 2. The van der Waals surface area contributed by atoms with Gasteiger partial charge in [0.15, 0.2) is 5.82 Å². The number of hydrogen-bond acceptors (Lipinski definition) is 3. The Kier molecular flexibility index (Phi) is 1.48. The monoisotopic (exact) mass is 198 g/mol. The molecule has 2 aromatic heterocycles. The van der Waals surface area contributed by atoms with Crippen molar-refractivity contribution in [2.24, 2.45) is 0 Å². The fourth-order valence-corrected chi connectivity index (χ4v) is 1.91. The summed E-state index contributed by atoms with van der Waals surface area (Å²) in [6, 6.07) is 7.94. The van der Waals surface area contributed by atoms with Gasteiger partial charge in [-0.05, 0) is 13.0 Å². The number of H-pyrrole nitrogens is 1. The van der Waals surface area contributed by atoms with Gasteiger partial charge in [0.1, 0.15) is 5.52 Å². The van der Waals surface area contributed by atoms with Crippen molar-refractivity contribution >= 4 is 27.6 Å². The van der Waals surface area contributed by atoms with Crippen LogP contribution in [0.15, 0.2) is 24.3 Å². The predicted molar refractivity (Wildman–Crippen MR) is 60.5 cm³/mol. The van der Waals surface area contributed by atoms with E-state index in [-0.39, 0.29) is 0 Å². The summed E-state index contributed by atoms with van der Waals surface area (Å²) in [5.41, 5.74) is 8.53. The average Bonchev–Trinajstić information content (AvgIpc) is 2.62. The minimum absolute atomic E-state index is 0.480. The van der Waals surface area contributed by atoms with Crippen molar-refractivity contribution in [2.45, 2.75) is 6.92 Å². The van der Waals surface area contributed by atoms with Gasteiger partial charge in [-0.1, -0.05) is 18.2 Å². The first-order valence-electron chi connectivity index (χ1n) is 4.76. The van der Waals surface area contributed by atoms with E-state index in [9.17, 15) is 0 Å². The highest BCUT2D eigenvalue weighted by Crippen LogP contribution is 2.27. The van der Waals surface area contributed by atoms with Gasteiger partial charge >= 0.3 is 0 Å². The number of aromatic amines is 1. The molecule has 0 aliphatic heterocycles. The van der Waals surface area contributed by atoms with Gasteiger partial charge in [0.05, 0.1) is 5.52 Å². The summed E-state index contributed by atoms with van der Waals surface area (Å²) in [6.07, 6.45) is 0. The number of nitrogens with zero attached hydrogens (tertiary/aromatic N) is 2. The summed E-state index contributed by atoms with van der Waals surface area (Å²) in [6.45, 7) is 1.99. The maximum Gasteiger partial charge on any atom is 0.152 e. The van der Waals surface area contributed by atoms with Crippen molar-refractivity contribution in [2.75, 3.05) is 5.73 Å². The van der Waals surface area contributed by atoms with Crippen LogP contribution in [0.1, 0.15) is 5.69 Å². The topological polar surface area (TPSA) is 67.6 Å². The number of rotatable bonds is 0. The fraction of sp³-hybridized carbons (Fsp3) is 0.0909. The van der Waals surface area contributed by atoms with Gasteiger partial charge in [0, 0.05) is 16.5 Å². The lowest BCUT2D eigenvalue weighted by Gasteiger charge is -2.01.